The monoisotopic (exact) mass is 269 g/mol. The fourth-order valence-corrected chi connectivity index (χ4v) is 3.42. The average molecular weight is 269 g/mol. The maximum absolute atomic E-state index is 5.68. The van der Waals surface area contributed by atoms with E-state index in [9.17, 15) is 0 Å². The molecule has 2 aromatic rings. The second kappa shape index (κ2) is 5.94. The normalized spacial score (nSPS) is 21.0. The van der Waals surface area contributed by atoms with Gasteiger partial charge in [0.05, 0.1) is 6.61 Å². The van der Waals surface area contributed by atoms with Crippen molar-refractivity contribution in [2.24, 2.45) is 5.92 Å². The topological polar surface area (TPSA) is 21.3 Å². The van der Waals surface area contributed by atoms with Gasteiger partial charge in [-0.05, 0) is 48.7 Å². The summed E-state index contributed by atoms with van der Waals surface area (Å²) in [5.41, 5.74) is 2.75. The van der Waals surface area contributed by atoms with Crippen LogP contribution in [0, 0.1) is 12.8 Å². The lowest BCUT2D eigenvalue weighted by Crippen LogP contribution is -2.31. The number of benzene rings is 2. The third kappa shape index (κ3) is 2.46. The Kier molecular flexibility index (Phi) is 4.04. The van der Waals surface area contributed by atoms with E-state index in [1.54, 1.807) is 0 Å². The first-order valence-electron chi connectivity index (χ1n) is 7.54. The molecule has 2 unspecified atom stereocenters. The Bertz CT molecular complexity index is 587. The van der Waals surface area contributed by atoms with E-state index >= 15 is 0 Å². The highest BCUT2D eigenvalue weighted by atomic mass is 16.5. The van der Waals surface area contributed by atoms with Crippen LogP contribution in [0.2, 0.25) is 0 Å². The molecule has 3 rings (SSSR count). The Hall–Kier alpha value is -1.38. The van der Waals surface area contributed by atoms with Crippen LogP contribution in [0.3, 0.4) is 0 Å². The van der Waals surface area contributed by atoms with Crippen LogP contribution in [0.25, 0.3) is 10.8 Å². The molecule has 2 nitrogen and oxygen atoms in total. The molecule has 2 heteroatoms. The van der Waals surface area contributed by atoms with Gasteiger partial charge in [-0.2, -0.15) is 0 Å². The number of fused-ring (bicyclic) bond motifs is 1. The smallest absolute Gasteiger partial charge is 0.0512 e. The SMILES string of the molecule is CNC(c1ccc(C)c2ccccc12)C1CCCOC1. The van der Waals surface area contributed by atoms with Gasteiger partial charge < -0.3 is 10.1 Å². The van der Waals surface area contributed by atoms with Crippen LogP contribution in [0.4, 0.5) is 0 Å². The standard InChI is InChI=1S/C18H23NO/c1-13-9-10-17(16-8-4-3-7-15(13)16)18(19-2)14-6-5-11-20-12-14/h3-4,7-10,14,18-19H,5-6,11-12H2,1-2H3. The van der Waals surface area contributed by atoms with E-state index < -0.39 is 0 Å². The summed E-state index contributed by atoms with van der Waals surface area (Å²) in [6.07, 6.45) is 2.42. The molecule has 106 valence electrons. The third-order valence-corrected chi connectivity index (χ3v) is 4.49. The highest BCUT2D eigenvalue weighted by molar-refractivity contribution is 5.88. The minimum absolute atomic E-state index is 0.376. The number of hydrogen-bond acceptors (Lipinski definition) is 2. The van der Waals surface area contributed by atoms with E-state index in [1.807, 2.05) is 0 Å². The second-order valence-electron chi connectivity index (χ2n) is 5.76. The zero-order valence-electron chi connectivity index (χ0n) is 12.4. The molecule has 20 heavy (non-hydrogen) atoms. The van der Waals surface area contributed by atoms with Crippen molar-refractivity contribution in [1.82, 2.24) is 5.32 Å². The first-order valence-corrected chi connectivity index (χ1v) is 7.54. The maximum atomic E-state index is 5.68. The van der Waals surface area contributed by atoms with Crippen molar-refractivity contribution >= 4 is 10.8 Å². The van der Waals surface area contributed by atoms with E-state index in [2.05, 4.69) is 55.7 Å². The van der Waals surface area contributed by atoms with Gasteiger partial charge >= 0.3 is 0 Å². The van der Waals surface area contributed by atoms with E-state index in [4.69, 9.17) is 4.74 Å². The zero-order valence-corrected chi connectivity index (χ0v) is 12.4. The number of nitrogens with one attached hydrogen (secondary N) is 1. The Balaban J connectivity index is 2.05. The summed E-state index contributed by atoms with van der Waals surface area (Å²) in [6, 6.07) is 13.6. The maximum Gasteiger partial charge on any atom is 0.0512 e. The van der Waals surface area contributed by atoms with Crippen LogP contribution in [0.15, 0.2) is 36.4 Å². The largest absolute Gasteiger partial charge is 0.381 e. The lowest BCUT2D eigenvalue weighted by molar-refractivity contribution is 0.0404. The van der Waals surface area contributed by atoms with Crippen molar-refractivity contribution in [2.75, 3.05) is 20.3 Å². The fraction of sp³-hybridized carbons (Fsp3) is 0.444. The molecule has 1 fully saturated rings. The van der Waals surface area contributed by atoms with Gasteiger partial charge in [-0.25, -0.2) is 0 Å². The second-order valence-corrected chi connectivity index (χ2v) is 5.76. The fourth-order valence-electron chi connectivity index (χ4n) is 3.42. The minimum atomic E-state index is 0.376. The summed E-state index contributed by atoms with van der Waals surface area (Å²) >= 11 is 0. The average Bonchev–Trinajstić information content (AvgIpc) is 2.52. The lowest BCUT2D eigenvalue weighted by atomic mass is 9.85. The predicted molar refractivity (Wildman–Crippen MR) is 84.0 cm³/mol. The molecular weight excluding hydrogens is 246 g/mol. The third-order valence-electron chi connectivity index (χ3n) is 4.49. The van der Waals surface area contributed by atoms with E-state index in [-0.39, 0.29) is 0 Å². The van der Waals surface area contributed by atoms with Gasteiger partial charge in [-0.15, -0.1) is 0 Å². The van der Waals surface area contributed by atoms with Crippen molar-refractivity contribution in [3.8, 4) is 0 Å². The molecule has 0 aliphatic carbocycles. The van der Waals surface area contributed by atoms with Gasteiger partial charge in [0.25, 0.3) is 0 Å². The zero-order chi connectivity index (χ0) is 13.9. The van der Waals surface area contributed by atoms with Crippen LogP contribution >= 0.6 is 0 Å². The van der Waals surface area contributed by atoms with Crippen LogP contribution in [0.5, 0.6) is 0 Å². The van der Waals surface area contributed by atoms with Crippen molar-refractivity contribution < 1.29 is 4.74 Å². The molecule has 2 aromatic carbocycles. The minimum Gasteiger partial charge on any atom is -0.381 e. The van der Waals surface area contributed by atoms with E-state index in [0.717, 1.165) is 13.2 Å². The van der Waals surface area contributed by atoms with Gasteiger partial charge in [-0.3, -0.25) is 0 Å². The van der Waals surface area contributed by atoms with Gasteiger partial charge in [0.15, 0.2) is 0 Å². The highest BCUT2D eigenvalue weighted by Crippen LogP contribution is 2.33. The molecule has 0 amide bonds. The first kappa shape index (κ1) is 13.6. The molecule has 1 N–H and O–H groups in total. The van der Waals surface area contributed by atoms with Crippen LogP contribution < -0.4 is 5.32 Å². The number of ether oxygens (including phenoxy) is 1. The lowest BCUT2D eigenvalue weighted by Gasteiger charge is -2.31. The summed E-state index contributed by atoms with van der Waals surface area (Å²) in [5.74, 6) is 0.569. The molecule has 0 spiro atoms. The molecule has 2 atom stereocenters. The molecule has 1 saturated heterocycles. The van der Waals surface area contributed by atoms with Gasteiger partial charge in [0.1, 0.15) is 0 Å². The van der Waals surface area contributed by atoms with Crippen LogP contribution in [-0.4, -0.2) is 20.3 Å². The van der Waals surface area contributed by atoms with Crippen molar-refractivity contribution in [2.45, 2.75) is 25.8 Å². The quantitative estimate of drug-likeness (QED) is 0.914. The van der Waals surface area contributed by atoms with Crippen molar-refractivity contribution in [3.63, 3.8) is 0 Å². The molecule has 1 aliphatic rings. The van der Waals surface area contributed by atoms with Gasteiger partial charge in [0.2, 0.25) is 0 Å². The summed E-state index contributed by atoms with van der Waals surface area (Å²) in [4.78, 5) is 0. The van der Waals surface area contributed by atoms with E-state index in [0.29, 0.717) is 12.0 Å². The van der Waals surface area contributed by atoms with Gasteiger partial charge in [0, 0.05) is 18.6 Å². The molecule has 0 aromatic heterocycles. The van der Waals surface area contributed by atoms with Crippen molar-refractivity contribution in [3.05, 3.63) is 47.5 Å². The molecular formula is C18H23NO. The summed E-state index contributed by atoms with van der Waals surface area (Å²) in [7, 11) is 2.06. The molecule has 0 saturated carbocycles. The Morgan fingerprint density at radius 1 is 1.15 bits per heavy atom. The molecule has 1 heterocycles. The first-order chi connectivity index (χ1) is 9.81. The van der Waals surface area contributed by atoms with Crippen LogP contribution in [-0.2, 0) is 4.74 Å². The predicted octanol–water partition coefficient (Wildman–Crippen LogP) is 3.84. The summed E-state index contributed by atoms with van der Waals surface area (Å²) < 4.78 is 5.68. The molecule has 1 aliphatic heterocycles. The molecule has 0 bridgehead atoms. The number of aryl methyl sites for hydroxylation is 1. The summed E-state index contributed by atoms with van der Waals surface area (Å²) in [5, 5.41) is 6.26. The van der Waals surface area contributed by atoms with E-state index in [1.165, 1.54) is 34.7 Å². The Morgan fingerprint density at radius 2 is 1.95 bits per heavy atom. The summed E-state index contributed by atoms with van der Waals surface area (Å²) in [6.45, 7) is 3.97. The highest BCUT2D eigenvalue weighted by Gasteiger charge is 2.25. The Morgan fingerprint density at radius 3 is 2.65 bits per heavy atom. The van der Waals surface area contributed by atoms with Crippen molar-refractivity contribution in [1.29, 1.82) is 0 Å². The van der Waals surface area contributed by atoms with Crippen LogP contribution in [0.1, 0.15) is 30.0 Å². The Labute approximate surface area is 121 Å². The number of rotatable bonds is 3. The number of hydrogen-bond donors (Lipinski definition) is 1. The molecule has 0 radical (unpaired) electrons. The van der Waals surface area contributed by atoms with Gasteiger partial charge in [-0.1, -0.05) is 36.4 Å².